The largest absolute Gasteiger partial charge is 0.353 e. The Balaban J connectivity index is 3.57. The first-order valence-electron chi connectivity index (χ1n) is 4.08. The Morgan fingerprint density at radius 1 is 1.45 bits per heavy atom. The van der Waals surface area contributed by atoms with Gasteiger partial charge in [-0.25, -0.2) is 0 Å². The lowest BCUT2D eigenvalue weighted by Crippen LogP contribution is -2.36. The van der Waals surface area contributed by atoms with E-state index in [2.05, 4.69) is 5.32 Å². The molecule has 66 valence electrons. The first-order chi connectivity index (χ1) is 5.07. The maximum Gasteiger partial charge on any atom is 0.222 e. The molecule has 1 unspecified atom stereocenters. The average Bonchev–Trinajstić information content (AvgIpc) is 1.87. The molecule has 0 aromatic carbocycles. The number of hydrogen-bond donors (Lipinski definition) is 2. The smallest absolute Gasteiger partial charge is 0.222 e. The number of rotatable bonds is 4. The van der Waals surface area contributed by atoms with E-state index in [0.29, 0.717) is 6.54 Å². The Labute approximate surface area is 68.3 Å². The SMILES string of the molecule is CC(CCN)NC(=O)C(C)C. The number of amides is 1. The molecule has 0 aliphatic rings. The molecule has 0 aromatic rings. The van der Waals surface area contributed by atoms with Gasteiger partial charge in [-0.05, 0) is 19.9 Å². The molecule has 1 amide bonds. The molecule has 0 radical (unpaired) electrons. The highest BCUT2D eigenvalue weighted by molar-refractivity contribution is 5.78. The molecule has 0 saturated carbocycles. The second-order valence-electron chi connectivity index (χ2n) is 3.14. The molecule has 0 saturated heterocycles. The fourth-order valence-corrected chi connectivity index (χ4v) is 0.732. The number of nitrogens with one attached hydrogen (secondary N) is 1. The number of nitrogens with two attached hydrogens (primary N) is 1. The zero-order chi connectivity index (χ0) is 8.85. The van der Waals surface area contributed by atoms with E-state index in [-0.39, 0.29) is 17.9 Å². The minimum atomic E-state index is 0.0650. The van der Waals surface area contributed by atoms with Crippen molar-refractivity contribution in [2.24, 2.45) is 11.7 Å². The van der Waals surface area contributed by atoms with Crippen molar-refractivity contribution in [1.29, 1.82) is 0 Å². The molecule has 1 atom stereocenters. The van der Waals surface area contributed by atoms with Gasteiger partial charge < -0.3 is 11.1 Å². The van der Waals surface area contributed by atoms with Crippen molar-refractivity contribution in [3.05, 3.63) is 0 Å². The average molecular weight is 158 g/mol. The topological polar surface area (TPSA) is 55.1 Å². The lowest BCUT2D eigenvalue weighted by Gasteiger charge is -2.13. The van der Waals surface area contributed by atoms with E-state index in [4.69, 9.17) is 5.73 Å². The van der Waals surface area contributed by atoms with Gasteiger partial charge in [0.05, 0.1) is 0 Å². The number of carbonyl (C=O) groups is 1. The molecule has 0 aliphatic heterocycles. The van der Waals surface area contributed by atoms with Crippen molar-refractivity contribution < 1.29 is 4.79 Å². The fraction of sp³-hybridized carbons (Fsp3) is 0.875. The minimum absolute atomic E-state index is 0.0650. The molecule has 0 bridgehead atoms. The van der Waals surface area contributed by atoms with Gasteiger partial charge in [0.15, 0.2) is 0 Å². The van der Waals surface area contributed by atoms with Gasteiger partial charge in [0.2, 0.25) is 5.91 Å². The van der Waals surface area contributed by atoms with Gasteiger partial charge in [0.25, 0.3) is 0 Å². The predicted molar refractivity (Wildman–Crippen MR) is 46.1 cm³/mol. The predicted octanol–water partition coefficient (Wildman–Crippen LogP) is 0.496. The summed E-state index contributed by atoms with van der Waals surface area (Å²) in [6.07, 6.45) is 0.846. The highest BCUT2D eigenvalue weighted by Gasteiger charge is 2.09. The molecule has 3 N–H and O–H groups in total. The number of carbonyl (C=O) groups excluding carboxylic acids is 1. The van der Waals surface area contributed by atoms with Crippen molar-refractivity contribution >= 4 is 5.91 Å². The van der Waals surface area contributed by atoms with Gasteiger partial charge in [-0.3, -0.25) is 4.79 Å². The van der Waals surface area contributed by atoms with Crippen molar-refractivity contribution in [1.82, 2.24) is 5.32 Å². The Bertz CT molecular complexity index is 123. The van der Waals surface area contributed by atoms with E-state index in [1.165, 1.54) is 0 Å². The summed E-state index contributed by atoms with van der Waals surface area (Å²) in [7, 11) is 0. The van der Waals surface area contributed by atoms with Gasteiger partial charge in [-0.2, -0.15) is 0 Å². The first-order valence-corrected chi connectivity index (χ1v) is 4.08. The van der Waals surface area contributed by atoms with Gasteiger partial charge >= 0.3 is 0 Å². The highest BCUT2D eigenvalue weighted by atomic mass is 16.1. The van der Waals surface area contributed by atoms with Crippen LogP contribution in [-0.2, 0) is 4.79 Å². The molecule has 0 spiro atoms. The van der Waals surface area contributed by atoms with Crippen molar-refractivity contribution in [2.75, 3.05) is 6.54 Å². The van der Waals surface area contributed by atoms with Gasteiger partial charge in [-0.15, -0.1) is 0 Å². The molecular formula is C8H18N2O. The third-order valence-electron chi connectivity index (χ3n) is 1.51. The van der Waals surface area contributed by atoms with Gasteiger partial charge in [0, 0.05) is 12.0 Å². The van der Waals surface area contributed by atoms with E-state index < -0.39 is 0 Å². The molecule has 0 rings (SSSR count). The van der Waals surface area contributed by atoms with Crippen LogP contribution in [0.3, 0.4) is 0 Å². The van der Waals surface area contributed by atoms with Crippen LogP contribution in [-0.4, -0.2) is 18.5 Å². The van der Waals surface area contributed by atoms with E-state index in [1.54, 1.807) is 0 Å². The monoisotopic (exact) mass is 158 g/mol. The van der Waals surface area contributed by atoms with Crippen LogP contribution in [0.2, 0.25) is 0 Å². The molecule has 0 aliphatic carbocycles. The quantitative estimate of drug-likeness (QED) is 0.626. The summed E-state index contributed by atoms with van der Waals surface area (Å²) in [5.41, 5.74) is 5.33. The summed E-state index contributed by atoms with van der Waals surface area (Å²) in [6, 6.07) is 0.204. The summed E-state index contributed by atoms with van der Waals surface area (Å²) in [4.78, 5) is 11.1. The van der Waals surface area contributed by atoms with E-state index in [9.17, 15) is 4.79 Å². The summed E-state index contributed by atoms with van der Waals surface area (Å²) in [5, 5.41) is 2.86. The first kappa shape index (κ1) is 10.4. The Morgan fingerprint density at radius 3 is 2.36 bits per heavy atom. The summed E-state index contributed by atoms with van der Waals surface area (Å²) >= 11 is 0. The summed E-state index contributed by atoms with van der Waals surface area (Å²) in [6.45, 7) is 6.35. The zero-order valence-corrected chi connectivity index (χ0v) is 7.55. The van der Waals surface area contributed by atoms with Crippen LogP contribution in [0.1, 0.15) is 27.2 Å². The third-order valence-corrected chi connectivity index (χ3v) is 1.51. The third kappa shape index (κ3) is 4.79. The second-order valence-corrected chi connectivity index (χ2v) is 3.14. The zero-order valence-electron chi connectivity index (χ0n) is 7.55. The lowest BCUT2D eigenvalue weighted by molar-refractivity contribution is -0.124. The Morgan fingerprint density at radius 2 is 2.00 bits per heavy atom. The maximum absolute atomic E-state index is 11.1. The molecular weight excluding hydrogens is 140 g/mol. The van der Waals surface area contributed by atoms with Gasteiger partial charge in [0.1, 0.15) is 0 Å². The molecule has 0 fully saturated rings. The Kier molecular flexibility index (Phi) is 4.86. The van der Waals surface area contributed by atoms with Crippen molar-refractivity contribution in [2.45, 2.75) is 33.2 Å². The van der Waals surface area contributed by atoms with Crippen molar-refractivity contribution in [3.8, 4) is 0 Å². The molecule has 0 heterocycles. The highest BCUT2D eigenvalue weighted by Crippen LogP contribution is 1.94. The van der Waals surface area contributed by atoms with E-state index in [1.807, 2.05) is 20.8 Å². The molecule has 3 heteroatoms. The standard InChI is InChI=1S/C8H18N2O/c1-6(2)8(11)10-7(3)4-5-9/h6-7H,4-5,9H2,1-3H3,(H,10,11). The van der Waals surface area contributed by atoms with Crippen LogP contribution < -0.4 is 11.1 Å². The van der Waals surface area contributed by atoms with Crippen LogP contribution in [0.4, 0.5) is 0 Å². The van der Waals surface area contributed by atoms with Crippen LogP contribution >= 0.6 is 0 Å². The van der Waals surface area contributed by atoms with Crippen LogP contribution in [0.25, 0.3) is 0 Å². The molecule has 3 nitrogen and oxygen atoms in total. The van der Waals surface area contributed by atoms with E-state index in [0.717, 1.165) is 6.42 Å². The van der Waals surface area contributed by atoms with Crippen LogP contribution in [0.15, 0.2) is 0 Å². The Hall–Kier alpha value is -0.570. The summed E-state index contributed by atoms with van der Waals surface area (Å²) < 4.78 is 0. The van der Waals surface area contributed by atoms with E-state index >= 15 is 0 Å². The number of hydrogen-bond acceptors (Lipinski definition) is 2. The minimum Gasteiger partial charge on any atom is -0.353 e. The van der Waals surface area contributed by atoms with Crippen molar-refractivity contribution in [3.63, 3.8) is 0 Å². The second kappa shape index (κ2) is 5.13. The summed E-state index contributed by atoms with van der Waals surface area (Å²) in [5.74, 6) is 0.168. The van der Waals surface area contributed by atoms with Gasteiger partial charge in [-0.1, -0.05) is 13.8 Å². The molecule has 11 heavy (non-hydrogen) atoms. The maximum atomic E-state index is 11.1. The lowest BCUT2D eigenvalue weighted by atomic mass is 10.1. The van der Waals surface area contributed by atoms with Crippen LogP contribution in [0, 0.1) is 5.92 Å². The molecule has 0 aromatic heterocycles. The van der Waals surface area contributed by atoms with Crippen LogP contribution in [0.5, 0.6) is 0 Å². The fourth-order valence-electron chi connectivity index (χ4n) is 0.732. The normalized spacial score (nSPS) is 13.2.